The fraction of sp³-hybridized carbons (Fsp3) is 0.300. The first-order valence-electron chi connectivity index (χ1n) is 7.59. The molecule has 0 saturated heterocycles. The van der Waals surface area contributed by atoms with Gasteiger partial charge in [0.25, 0.3) is 0 Å². The maximum atomic E-state index is 3.65. The third-order valence-electron chi connectivity index (χ3n) is 3.51. The van der Waals surface area contributed by atoms with E-state index < -0.39 is 0 Å². The Hall–Kier alpha value is -2.04. The summed E-state index contributed by atoms with van der Waals surface area (Å²) in [6, 6.07) is 21.8. The quantitative estimate of drug-likeness (QED) is 0.599. The highest BCUT2D eigenvalue weighted by Gasteiger charge is 2.09. The van der Waals surface area contributed by atoms with Crippen LogP contribution in [0.3, 0.4) is 0 Å². The molecule has 1 heteroatoms. The molecule has 0 unspecified atom stereocenters. The standard InChI is InChI=1S/C20H23N/c1-2-3-10-15-21-20(16-18-11-6-4-7-12-18)17-19-13-8-5-9-14-19/h4-9,11-14,20-21H,10,15-17H2,1H3. The van der Waals surface area contributed by atoms with Crippen molar-refractivity contribution in [1.82, 2.24) is 5.32 Å². The smallest absolute Gasteiger partial charge is 0.0214 e. The highest BCUT2D eigenvalue weighted by molar-refractivity contribution is 5.19. The third-order valence-corrected chi connectivity index (χ3v) is 3.51. The highest BCUT2D eigenvalue weighted by atomic mass is 14.9. The minimum absolute atomic E-state index is 0.452. The Bertz CT molecular complexity index is 522. The molecule has 1 N–H and O–H groups in total. The van der Waals surface area contributed by atoms with Gasteiger partial charge in [-0.05, 0) is 30.9 Å². The van der Waals surface area contributed by atoms with Crippen molar-refractivity contribution in [2.45, 2.75) is 32.2 Å². The van der Waals surface area contributed by atoms with Crippen LogP contribution in [0.15, 0.2) is 60.7 Å². The zero-order valence-electron chi connectivity index (χ0n) is 12.7. The third kappa shape index (κ3) is 5.85. The van der Waals surface area contributed by atoms with Gasteiger partial charge in [0.05, 0.1) is 0 Å². The molecule has 1 nitrogen and oxygen atoms in total. The van der Waals surface area contributed by atoms with Crippen molar-refractivity contribution >= 4 is 0 Å². The lowest BCUT2D eigenvalue weighted by Crippen LogP contribution is -2.33. The van der Waals surface area contributed by atoms with Crippen molar-refractivity contribution in [2.75, 3.05) is 6.54 Å². The summed E-state index contributed by atoms with van der Waals surface area (Å²) in [5.74, 6) is 6.07. The Labute approximate surface area is 128 Å². The summed E-state index contributed by atoms with van der Waals surface area (Å²) in [4.78, 5) is 0. The van der Waals surface area contributed by atoms with Gasteiger partial charge < -0.3 is 5.32 Å². The molecule has 0 spiro atoms. The van der Waals surface area contributed by atoms with Crippen LogP contribution in [0.5, 0.6) is 0 Å². The first kappa shape index (κ1) is 15.4. The maximum Gasteiger partial charge on any atom is 0.0214 e. The number of benzene rings is 2. The lowest BCUT2D eigenvalue weighted by Gasteiger charge is -2.18. The molecule has 2 aromatic carbocycles. The van der Waals surface area contributed by atoms with Gasteiger partial charge in [-0.2, -0.15) is 0 Å². The van der Waals surface area contributed by atoms with Crippen LogP contribution in [0.25, 0.3) is 0 Å². The zero-order valence-corrected chi connectivity index (χ0v) is 12.7. The average Bonchev–Trinajstić information content (AvgIpc) is 2.53. The van der Waals surface area contributed by atoms with E-state index in [2.05, 4.69) is 77.8 Å². The first-order chi connectivity index (χ1) is 10.4. The van der Waals surface area contributed by atoms with E-state index in [9.17, 15) is 0 Å². The van der Waals surface area contributed by atoms with Crippen molar-refractivity contribution in [2.24, 2.45) is 0 Å². The molecule has 0 aromatic heterocycles. The molecule has 21 heavy (non-hydrogen) atoms. The number of hydrogen-bond donors (Lipinski definition) is 1. The fourth-order valence-corrected chi connectivity index (χ4v) is 2.48. The molecule has 2 rings (SSSR count). The predicted octanol–water partition coefficient (Wildman–Crippen LogP) is 3.84. The van der Waals surface area contributed by atoms with Crippen LogP contribution in [0.1, 0.15) is 24.5 Å². The largest absolute Gasteiger partial charge is 0.312 e. The Balaban J connectivity index is 1.97. The minimum atomic E-state index is 0.452. The highest BCUT2D eigenvalue weighted by Crippen LogP contribution is 2.09. The Morgan fingerprint density at radius 1 is 0.857 bits per heavy atom. The van der Waals surface area contributed by atoms with Crippen LogP contribution in [0.4, 0.5) is 0 Å². The summed E-state index contributed by atoms with van der Waals surface area (Å²) < 4.78 is 0. The van der Waals surface area contributed by atoms with Crippen molar-refractivity contribution in [3.05, 3.63) is 71.8 Å². The summed E-state index contributed by atoms with van der Waals surface area (Å²) >= 11 is 0. The monoisotopic (exact) mass is 277 g/mol. The van der Waals surface area contributed by atoms with E-state index in [1.165, 1.54) is 11.1 Å². The molecular weight excluding hydrogens is 254 g/mol. The van der Waals surface area contributed by atoms with Crippen LogP contribution in [-0.4, -0.2) is 12.6 Å². The molecule has 0 atom stereocenters. The van der Waals surface area contributed by atoms with Gasteiger partial charge in [0.15, 0.2) is 0 Å². The Morgan fingerprint density at radius 2 is 1.38 bits per heavy atom. The van der Waals surface area contributed by atoms with Crippen LogP contribution < -0.4 is 5.32 Å². The molecular formula is C20H23N. The number of nitrogens with one attached hydrogen (secondary N) is 1. The van der Waals surface area contributed by atoms with Gasteiger partial charge in [0.2, 0.25) is 0 Å². The Kier molecular flexibility index (Phi) is 6.58. The summed E-state index contributed by atoms with van der Waals surface area (Å²) in [6.07, 6.45) is 3.02. The molecule has 0 fully saturated rings. The molecule has 0 amide bonds. The second-order valence-corrected chi connectivity index (χ2v) is 5.21. The molecule has 0 heterocycles. The molecule has 108 valence electrons. The van der Waals surface area contributed by atoms with E-state index in [4.69, 9.17) is 0 Å². The van der Waals surface area contributed by atoms with E-state index in [0.717, 1.165) is 25.8 Å². The maximum absolute atomic E-state index is 3.65. The van der Waals surface area contributed by atoms with Crippen molar-refractivity contribution in [1.29, 1.82) is 0 Å². The lowest BCUT2D eigenvalue weighted by atomic mass is 9.99. The first-order valence-corrected chi connectivity index (χ1v) is 7.59. The van der Waals surface area contributed by atoms with E-state index >= 15 is 0 Å². The van der Waals surface area contributed by atoms with Crippen molar-refractivity contribution in [3.63, 3.8) is 0 Å². The summed E-state index contributed by atoms with van der Waals surface area (Å²) in [7, 11) is 0. The van der Waals surface area contributed by atoms with Gasteiger partial charge in [-0.25, -0.2) is 0 Å². The molecule has 0 bridgehead atoms. The summed E-state index contributed by atoms with van der Waals surface area (Å²) in [5, 5.41) is 3.65. The van der Waals surface area contributed by atoms with E-state index in [-0.39, 0.29) is 0 Å². The van der Waals surface area contributed by atoms with Crippen LogP contribution >= 0.6 is 0 Å². The summed E-state index contributed by atoms with van der Waals surface area (Å²) in [6.45, 7) is 2.84. The SMILES string of the molecule is CC#CCCNC(Cc1ccccc1)Cc1ccccc1. The molecule has 0 aliphatic rings. The second-order valence-electron chi connectivity index (χ2n) is 5.21. The van der Waals surface area contributed by atoms with Gasteiger partial charge in [-0.15, -0.1) is 11.8 Å². The minimum Gasteiger partial charge on any atom is -0.312 e. The second kappa shape index (κ2) is 9.00. The van der Waals surface area contributed by atoms with Crippen LogP contribution in [-0.2, 0) is 12.8 Å². The van der Waals surface area contributed by atoms with Gasteiger partial charge in [-0.3, -0.25) is 0 Å². The topological polar surface area (TPSA) is 12.0 Å². The lowest BCUT2D eigenvalue weighted by molar-refractivity contribution is 0.513. The van der Waals surface area contributed by atoms with Gasteiger partial charge >= 0.3 is 0 Å². The van der Waals surface area contributed by atoms with Crippen LogP contribution in [0.2, 0.25) is 0 Å². The zero-order chi connectivity index (χ0) is 14.8. The Morgan fingerprint density at radius 3 is 1.86 bits per heavy atom. The number of hydrogen-bond acceptors (Lipinski definition) is 1. The normalized spacial score (nSPS) is 10.2. The van der Waals surface area contributed by atoms with Gasteiger partial charge in [0.1, 0.15) is 0 Å². The number of rotatable bonds is 7. The van der Waals surface area contributed by atoms with Gasteiger partial charge in [-0.1, -0.05) is 60.7 Å². The van der Waals surface area contributed by atoms with E-state index in [1.807, 2.05) is 6.92 Å². The average molecular weight is 277 g/mol. The van der Waals surface area contributed by atoms with Crippen molar-refractivity contribution < 1.29 is 0 Å². The molecule has 2 aromatic rings. The molecule has 0 radical (unpaired) electrons. The fourth-order valence-electron chi connectivity index (χ4n) is 2.48. The molecule has 0 aliphatic heterocycles. The predicted molar refractivity (Wildman–Crippen MR) is 90.1 cm³/mol. The van der Waals surface area contributed by atoms with E-state index in [1.54, 1.807) is 0 Å². The van der Waals surface area contributed by atoms with E-state index in [0.29, 0.717) is 6.04 Å². The summed E-state index contributed by atoms with van der Waals surface area (Å²) in [5.41, 5.74) is 2.76. The molecule has 0 aliphatic carbocycles. The van der Waals surface area contributed by atoms with Crippen LogP contribution in [0, 0.1) is 11.8 Å². The molecule has 0 saturated carbocycles. The van der Waals surface area contributed by atoms with Crippen molar-refractivity contribution in [3.8, 4) is 11.8 Å². The van der Waals surface area contributed by atoms with Gasteiger partial charge in [0, 0.05) is 19.0 Å².